The fourth-order valence-electron chi connectivity index (χ4n) is 6.98. The predicted octanol–water partition coefficient (Wildman–Crippen LogP) is 14.8. The molecule has 0 aromatic heterocycles. The molecule has 0 rings (SSSR count). The lowest BCUT2D eigenvalue weighted by molar-refractivity contribution is -0.161. The van der Waals surface area contributed by atoms with Crippen LogP contribution in [0.15, 0.2) is 60.8 Å². The monoisotopic (exact) mass is 951 g/mol. The molecule has 0 fully saturated rings. The first-order valence-corrected chi connectivity index (χ1v) is 27.7. The molecule has 0 amide bonds. The predicted molar refractivity (Wildman–Crippen MR) is 270 cm³/mol. The minimum Gasteiger partial charge on any atom is -0.462 e. The highest BCUT2D eigenvalue weighted by Gasteiger charge is 2.28. The zero-order chi connectivity index (χ0) is 48.4. The van der Waals surface area contributed by atoms with Crippen LogP contribution >= 0.6 is 7.82 Å². The highest BCUT2D eigenvalue weighted by molar-refractivity contribution is 7.47. The van der Waals surface area contributed by atoms with E-state index in [9.17, 15) is 28.9 Å². The number of phosphoric acid groups is 1. The van der Waals surface area contributed by atoms with Gasteiger partial charge in [0.25, 0.3) is 0 Å². The second-order valence-corrected chi connectivity index (χ2v) is 18.8. The Hall–Kier alpha value is -2.82. The van der Waals surface area contributed by atoms with E-state index in [1.807, 2.05) is 12.2 Å². The number of aliphatic hydroxyl groups excluding tert-OH is 1. The van der Waals surface area contributed by atoms with Gasteiger partial charge in [0.1, 0.15) is 12.7 Å². The molecule has 66 heavy (non-hydrogen) atoms. The Morgan fingerprint density at radius 1 is 0.439 bits per heavy atom. The first-order chi connectivity index (χ1) is 32.2. The molecule has 0 aromatic rings. The van der Waals surface area contributed by atoms with Gasteiger partial charge in [-0.3, -0.25) is 23.4 Å². The maximum Gasteiger partial charge on any atom is 0.472 e. The van der Waals surface area contributed by atoms with E-state index in [0.717, 1.165) is 70.6 Å². The standard InChI is InChI=1S/C54H95O11P/c1-4-7-10-13-16-19-21-23-24-25-26-28-30-33-36-39-42-45-54(58)65-51(47-61-52(56)43-40-37-34-32-29-27-22-20-17-14-11-8-5-2)49-63-66(59,60)62-48-50(46-55)64-53(57)44-41-38-35-31-18-15-12-9-6-3/h7,10,16,19,23-24,26,28,33,36,50-51,55H,4-6,8-9,11-15,17-18,20-22,25,27,29-32,34-35,37-49H2,1-3H3,(H,59,60)/b10-7-,19-16-,24-23-,28-26-,36-33-. The number of rotatable bonds is 48. The van der Waals surface area contributed by atoms with Crippen LogP contribution in [-0.4, -0.2) is 66.5 Å². The number of allylic oxidation sites excluding steroid dienone is 10. The molecule has 0 radical (unpaired) electrons. The minimum atomic E-state index is -4.75. The van der Waals surface area contributed by atoms with Gasteiger partial charge in [0.2, 0.25) is 0 Å². The van der Waals surface area contributed by atoms with Crippen molar-refractivity contribution in [1.29, 1.82) is 0 Å². The molecule has 0 saturated heterocycles. The Kier molecular flexibility index (Phi) is 46.6. The molecule has 0 bridgehead atoms. The number of aliphatic hydroxyl groups is 1. The third kappa shape index (κ3) is 46.3. The van der Waals surface area contributed by atoms with Gasteiger partial charge in [0.05, 0.1) is 19.8 Å². The van der Waals surface area contributed by atoms with E-state index in [1.165, 1.54) is 89.9 Å². The van der Waals surface area contributed by atoms with Crippen molar-refractivity contribution >= 4 is 25.7 Å². The van der Waals surface area contributed by atoms with Gasteiger partial charge in [-0.25, -0.2) is 4.57 Å². The van der Waals surface area contributed by atoms with Gasteiger partial charge >= 0.3 is 25.7 Å². The summed E-state index contributed by atoms with van der Waals surface area (Å²) >= 11 is 0. The maximum absolute atomic E-state index is 12.8. The number of hydrogen-bond donors (Lipinski definition) is 2. The van der Waals surface area contributed by atoms with Crippen LogP contribution in [-0.2, 0) is 42.2 Å². The highest BCUT2D eigenvalue weighted by Crippen LogP contribution is 2.43. The molecule has 0 aliphatic rings. The van der Waals surface area contributed by atoms with Crippen LogP contribution < -0.4 is 0 Å². The van der Waals surface area contributed by atoms with Crippen LogP contribution in [0.5, 0.6) is 0 Å². The Morgan fingerprint density at radius 2 is 0.788 bits per heavy atom. The van der Waals surface area contributed by atoms with Gasteiger partial charge in [-0.1, -0.05) is 210 Å². The van der Waals surface area contributed by atoms with E-state index in [2.05, 4.69) is 69.4 Å². The molecule has 0 aromatic carbocycles. The van der Waals surface area contributed by atoms with Crippen molar-refractivity contribution < 1.29 is 52.2 Å². The van der Waals surface area contributed by atoms with Crippen LogP contribution in [0, 0.1) is 0 Å². The van der Waals surface area contributed by atoms with Gasteiger partial charge in [-0.2, -0.15) is 0 Å². The highest BCUT2D eigenvalue weighted by atomic mass is 31.2. The molecule has 2 N–H and O–H groups in total. The quantitative estimate of drug-likeness (QED) is 0.0197. The van der Waals surface area contributed by atoms with Crippen molar-refractivity contribution in [2.75, 3.05) is 26.4 Å². The van der Waals surface area contributed by atoms with Crippen LogP contribution in [0.2, 0.25) is 0 Å². The van der Waals surface area contributed by atoms with Gasteiger partial charge in [-0.15, -0.1) is 0 Å². The summed E-state index contributed by atoms with van der Waals surface area (Å²) in [6.45, 7) is 4.44. The van der Waals surface area contributed by atoms with E-state index < -0.39 is 57.8 Å². The van der Waals surface area contributed by atoms with Gasteiger partial charge in [0.15, 0.2) is 6.10 Å². The normalized spacial score (nSPS) is 14.0. The van der Waals surface area contributed by atoms with Crippen molar-refractivity contribution in [2.24, 2.45) is 0 Å². The first kappa shape index (κ1) is 63.2. The van der Waals surface area contributed by atoms with E-state index in [0.29, 0.717) is 25.7 Å². The topological polar surface area (TPSA) is 155 Å². The Morgan fingerprint density at radius 3 is 1.21 bits per heavy atom. The molecule has 0 saturated carbocycles. The van der Waals surface area contributed by atoms with E-state index in [4.69, 9.17) is 23.3 Å². The molecule has 3 atom stereocenters. The number of esters is 3. The molecule has 0 aliphatic carbocycles. The molecular weight excluding hydrogens is 856 g/mol. The molecule has 11 nitrogen and oxygen atoms in total. The summed E-state index contributed by atoms with van der Waals surface area (Å²) < 4.78 is 39.2. The number of ether oxygens (including phenoxy) is 3. The molecule has 0 aliphatic heterocycles. The van der Waals surface area contributed by atoms with Crippen molar-refractivity contribution in [3.63, 3.8) is 0 Å². The van der Waals surface area contributed by atoms with Gasteiger partial charge in [-0.05, 0) is 57.8 Å². The summed E-state index contributed by atoms with van der Waals surface area (Å²) in [5, 5.41) is 9.74. The fraction of sp³-hybridized carbons (Fsp3) is 0.759. The zero-order valence-corrected chi connectivity index (χ0v) is 42.8. The lowest BCUT2D eigenvalue weighted by atomic mass is 10.0. The van der Waals surface area contributed by atoms with Crippen molar-refractivity contribution in [2.45, 2.75) is 238 Å². The van der Waals surface area contributed by atoms with E-state index >= 15 is 0 Å². The number of phosphoric ester groups is 1. The number of carbonyl (C=O) groups is 3. The van der Waals surface area contributed by atoms with Crippen molar-refractivity contribution in [1.82, 2.24) is 0 Å². The van der Waals surface area contributed by atoms with E-state index in [1.54, 1.807) is 0 Å². The van der Waals surface area contributed by atoms with Crippen LogP contribution in [0.4, 0.5) is 0 Å². The summed E-state index contributed by atoms with van der Waals surface area (Å²) in [5.41, 5.74) is 0. The largest absolute Gasteiger partial charge is 0.472 e. The van der Waals surface area contributed by atoms with Crippen molar-refractivity contribution in [3.05, 3.63) is 60.8 Å². The second-order valence-electron chi connectivity index (χ2n) is 17.3. The molecule has 382 valence electrons. The van der Waals surface area contributed by atoms with Crippen LogP contribution in [0.1, 0.15) is 226 Å². The number of unbranched alkanes of at least 4 members (excludes halogenated alkanes) is 21. The third-order valence-corrected chi connectivity index (χ3v) is 11.9. The second kappa shape index (κ2) is 48.6. The Labute approximate surface area is 402 Å². The Bertz CT molecular complexity index is 1340. The van der Waals surface area contributed by atoms with Gasteiger partial charge in [0, 0.05) is 19.3 Å². The maximum atomic E-state index is 12.8. The SMILES string of the molecule is CC/C=C\C/C=C\C/C=C\C/C=C\C/C=C\CCCC(=O)OC(COC(=O)CCCCCCCCCCCCCCC)COP(=O)(O)OCC(CO)OC(=O)CCCCCCCCCCC. The van der Waals surface area contributed by atoms with Crippen LogP contribution in [0.25, 0.3) is 0 Å². The molecule has 0 heterocycles. The number of carbonyl (C=O) groups excluding carboxylic acids is 3. The number of hydrogen-bond acceptors (Lipinski definition) is 10. The molecular formula is C54H95O11P. The van der Waals surface area contributed by atoms with Gasteiger partial charge < -0.3 is 24.2 Å². The van der Waals surface area contributed by atoms with Crippen molar-refractivity contribution in [3.8, 4) is 0 Å². The summed E-state index contributed by atoms with van der Waals surface area (Å²) in [4.78, 5) is 48.2. The lowest BCUT2D eigenvalue weighted by Gasteiger charge is -2.21. The third-order valence-electron chi connectivity index (χ3n) is 11.0. The smallest absolute Gasteiger partial charge is 0.462 e. The summed E-state index contributed by atoms with van der Waals surface area (Å²) in [6.07, 6.45) is 50.6. The minimum absolute atomic E-state index is 0.0909. The fourth-order valence-corrected chi connectivity index (χ4v) is 7.76. The summed E-state index contributed by atoms with van der Waals surface area (Å²) in [7, 11) is -4.75. The molecule has 12 heteroatoms. The summed E-state index contributed by atoms with van der Waals surface area (Å²) in [5.74, 6) is -1.53. The Balaban J connectivity index is 4.83. The molecule has 0 spiro atoms. The van der Waals surface area contributed by atoms with E-state index in [-0.39, 0.29) is 25.9 Å². The summed E-state index contributed by atoms with van der Waals surface area (Å²) in [6, 6.07) is 0. The average molecular weight is 951 g/mol. The average Bonchev–Trinajstić information content (AvgIpc) is 3.30. The lowest BCUT2D eigenvalue weighted by Crippen LogP contribution is -2.30. The zero-order valence-electron chi connectivity index (χ0n) is 41.9. The van der Waals surface area contributed by atoms with Crippen LogP contribution in [0.3, 0.4) is 0 Å². The first-order valence-electron chi connectivity index (χ1n) is 26.2. The molecule has 3 unspecified atom stereocenters.